The maximum Gasteiger partial charge on any atom is 0.239 e. The number of nitrogens with two attached hydrogens (primary N) is 1. The lowest BCUT2D eigenvalue weighted by Crippen LogP contribution is -2.49. The molecule has 0 radical (unpaired) electrons. The first-order valence-electron chi connectivity index (χ1n) is 5.07. The minimum atomic E-state index is -0.736. The van der Waals surface area contributed by atoms with Crippen molar-refractivity contribution < 1.29 is 4.79 Å². The van der Waals surface area contributed by atoms with Crippen LogP contribution in [0.15, 0.2) is 0 Å². The van der Waals surface area contributed by atoms with E-state index in [9.17, 15) is 4.79 Å². The maximum atomic E-state index is 11.3. The van der Waals surface area contributed by atoms with Crippen LogP contribution in [0.3, 0.4) is 0 Å². The second kappa shape index (κ2) is 4.09. The van der Waals surface area contributed by atoms with Crippen LogP contribution in [0.5, 0.6) is 0 Å². The quantitative estimate of drug-likeness (QED) is 0.685. The molecular weight excluding hydrogens is 164 g/mol. The molecule has 0 aliphatic heterocycles. The van der Waals surface area contributed by atoms with Crippen molar-refractivity contribution in [2.45, 2.75) is 45.1 Å². The van der Waals surface area contributed by atoms with Gasteiger partial charge in [0.1, 0.15) is 0 Å². The fourth-order valence-corrected chi connectivity index (χ4v) is 1.40. The minimum Gasteiger partial charge on any atom is -0.355 e. The van der Waals surface area contributed by atoms with Crippen LogP contribution in [0.25, 0.3) is 0 Å². The molecule has 0 aromatic heterocycles. The summed E-state index contributed by atoms with van der Waals surface area (Å²) in [5.74, 6) is 0.799. The first-order chi connectivity index (χ1) is 6.00. The van der Waals surface area contributed by atoms with Crippen molar-refractivity contribution >= 4 is 5.91 Å². The molecule has 0 heterocycles. The molecule has 1 aliphatic rings. The van der Waals surface area contributed by atoms with Crippen LogP contribution in [0, 0.1) is 5.92 Å². The third-order valence-electron chi connectivity index (χ3n) is 2.65. The highest BCUT2D eigenvalue weighted by Crippen LogP contribution is 2.28. The summed E-state index contributed by atoms with van der Waals surface area (Å²) in [6.45, 7) is 4.24. The van der Waals surface area contributed by atoms with Crippen molar-refractivity contribution in [3.63, 3.8) is 0 Å². The number of carbonyl (C=O) groups excluding carboxylic acids is 1. The Bertz CT molecular complexity index is 180. The number of nitrogens with one attached hydrogen (secondary N) is 1. The lowest BCUT2D eigenvalue weighted by molar-refractivity contribution is -0.125. The molecule has 13 heavy (non-hydrogen) atoms. The summed E-state index contributed by atoms with van der Waals surface area (Å²) in [6, 6.07) is 0. The fourth-order valence-electron chi connectivity index (χ4n) is 1.40. The topological polar surface area (TPSA) is 55.1 Å². The van der Waals surface area contributed by atoms with Crippen molar-refractivity contribution in [1.29, 1.82) is 0 Å². The summed E-state index contributed by atoms with van der Waals surface area (Å²) < 4.78 is 0. The molecule has 0 bridgehead atoms. The highest BCUT2D eigenvalue weighted by atomic mass is 16.2. The Hall–Kier alpha value is -0.570. The second-order valence-corrected chi connectivity index (χ2v) is 4.56. The standard InChI is InChI=1S/C10H20N2O/c1-10(2,11)9(13)12-7-6-8-4-3-5-8/h8H,3-7,11H2,1-2H3,(H,12,13). The van der Waals surface area contributed by atoms with Crippen LogP contribution in [-0.2, 0) is 4.79 Å². The summed E-state index contributed by atoms with van der Waals surface area (Å²) in [7, 11) is 0. The van der Waals surface area contributed by atoms with Crippen LogP contribution < -0.4 is 11.1 Å². The Labute approximate surface area is 80.1 Å². The van der Waals surface area contributed by atoms with Gasteiger partial charge in [0.2, 0.25) is 5.91 Å². The molecule has 1 amide bonds. The summed E-state index contributed by atoms with van der Waals surface area (Å²) in [4.78, 5) is 11.3. The van der Waals surface area contributed by atoms with E-state index in [0.29, 0.717) is 0 Å². The van der Waals surface area contributed by atoms with E-state index in [1.807, 2.05) is 0 Å². The van der Waals surface area contributed by atoms with Gasteiger partial charge in [-0.3, -0.25) is 4.79 Å². The number of amides is 1. The van der Waals surface area contributed by atoms with E-state index in [-0.39, 0.29) is 5.91 Å². The first kappa shape index (κ1) is 10.5. The summed E-state index contributed by atoms with van der Waals surface area (Å²) in [6.07, 6.45) is 5.15. The van der Waals surface area contributed by atoms with Gasteiger partial charge in [0.25, 0.3) is 0 Å². The molecule has 3 N–H and O–H groups in total. The Morgan fingerprint density at radius 1 is 1.54 bits per heavy atom. The third-order valence-corrected chi connectivity index (χ3v) is 2.65. The van der Waals surface area contributed by atoms with E-state index in [4.69, 9.17) is 5.73 Å². The molecular formula is C10H20N2O. The maximum absolute atomic E-state index is 11.3. The van der Waals surface area contributed by atoms with Crippen molar-refractivity contribution in [3.8, 4) is 0 Å². The highest BCUT2D eigenvalue weighted by molar-refractivity contribution is 5.84. The van der Waals surface area contributed by atoms with E-state index in [1.165, 1.54) is 19.3 Å². The van der Waals surface area contributed by atoms with Crippen molar-refractivity contribution in [1.82, 2.24) is 5.32 Å². The summed E-state index contributed by atoms with van der Waals surface area (Å²) in [5.41, 5.74) is 4.89. The fraction of sp³-hybridized carbons (Fsp3) is 0.900. The van der Waals surface area contributed by atoms with Crippen molar-refractivity contribution in [3.05, 3.63) is 0 Å². The molecule has 0 atom stereocenters. The van der Waals surface area contributed by atoms with Crippen molar-refractivity contribution in [2.24, 2.45) is 11.7 Å². The van der Waals surface area contributed by atoms with Gasteiger partial charge >= 0.3 is 0 Å². The predicted molar refractivity (Wildman–Crippen MR) is 53.2 cm³/mol. The molecule has 1 aliphatic carbocycles. The van der Waals surface area contributed by atoms with Gasteiger partial charge in [-0.15, -0.1) is 0 Å². The zero-order chi connectivity index (χ0) is 9.90. The smallest absolute Gasteiger partial charge is 0.239 e. The lowest BCUT2D eigenvalue weighted by Gasteiger charge is -2.26. The molecule has 0 aromatic rings. The van der Waals surface area contributed by atoms with Gasteiger partial charge in [0.15, 0.2) is 0 Å². The molecule has 0 aromatic carbocycles. The zero-order valence-electron chi connectivity index (χ0n) is 8.60. The summed E-state index contributed by atoms with van der Waals surface area (Å²) >= 11 is 0. The number of carbonyl (C=O) groups is 1. The molecule has 0 saturated heterocycles. The average molecular weight is 184 g/mol. The predicted octanol–water partition coefficient (Wildman–Crippen LogP) is 1.03. The van der Waals surface area contributed by atoms with Crippen LogP contribution >= 0.6 is 0 Å². The van der Waals surface area contributed by atoms with E-state index >= 15 is 0 Å². The van der Waals surface area contributed by atoms with E-state index < -0.39 is 5.54 Å². The largest absolute Gasteiger partial charge is 0.355 e. The van der Waals surface area contributed by atoms with E-state index in [0.717, 1.165) is 18.9 Å². The molecule has 1 saturated carbocycles. The normalized spacial score (nSPS) is 18.1. The van der Waals surface area contributed by atoms with Gasteiger partial charge in [-0.1, -0.05) is 19.3 Å². The molecule has 0 spiro atoms. The van der Waals surface area contributed by atoms with Crippen molar-refractivity contribution in [2.75, 3.05) is 6.54 Å². The first-order valence-corrected chi connectivity index (χ1v) is 5.07. The molecule has 0 unspecified atom stereocenters. The minimum absolute atomic E-state index is 0.0492. The second-order valence-electron chi connectivity index (χ2n) is 4.56. The number of hydrogen-bond acceptors (Lipinski definition) is 2. The number of rotatable bonds is 4. The zero-order valence-corrected chi connectivity index (χ0v) is 8.60. The average Bonchev–Trinajstić information content (AvgIpc) is 1.91. The van der Waals surface area contributed by atoms with Crippen LogP contribution in [0.4, 0.5) is 0 Å². The van der Waals surface area contributed by atoms with Crippen LogP contribution in [0.1, 0.15) is 39.5 Å². The molecule has 1 fully saturated rings. The Morgan fingerprint density at radius 2 is 2.15 bits per heavy atom. The SMILES string of the molecule is CC(C)(N)C(=O)NCCC1CCC1. The van der Waals surface area contributed by atoms with Gasteiger partial charge in [-0.05, 0) is 26.2 Å². The van der Waals surface area contributed by atoms with Gasteiger partial charge < -0.3 is 11.1 Å². The monoisotopic (exact) mass is 184 g/mol. The highest BCUT2D eigenvalue weighted by Gasteiger charge is 2.22. The summed E-state index contributed by atoms with van der Waals surface area (Å²) in [5, 5.41) is 2.86. The van der Waals surface area contributed by atoms with Gasteiger partial charge in [0, 0.05) is 6.54 Å². The molecule has 1 rings (SSSR count). The Morgan fingerprint density at radius 3 is 2.54 bits per heavy atom. The van der Waals surface area contributed by atoms with Gasteiger partial charge in [-0.25, -0.2) is 0 Å². The van der Waals surface area contributed by atoms with E-state index in [2.05, 4.69) is 5.32 Å². The molecule has 3 heteroatoms. The Balaban J connectivity index is 2.08. The Kier molecular flexibility index (Phi) is 3.31. The van der Waals surface area contributed by atoms with E-state index in [1.54, 1.807) is 13.8 Å². The lowest BCUT2D eigenvalue weighted by atomic mass is 9.83. The van der Waals surface area contributed by atoms with Gasteiger partial charge in [-0.2, -0.15) is 0 Å². The molecule has 76 valence electrons. The van der Waals surface area contributed by atoms with Crippen LogP contribution in [0.2, 0.25) is 0 Å². The molecule has 3 nitrogen and oxygen atoms in total. The van der Waals surface area contributed by atoms with Crippen LogP contribution in [-0.4, -0.2) is 18.0 Å². The third kappa shape index (κ3) is 3.35. The number of hydrogen-bond donors (Lipinski definition) is 2. The van der Waals surface area contributed by atoms with Gasteiger partial charge in [0.05, 0.1) is 5.54 Å².